The van der Waals surface area contributed by atoms with Crippen LogP contribution >= 0.6 is 12.2 Å². The van der Waals surface area contributed by atoms with Gasteiger partial charge in [-0.25, -0.2) is 0 Å². The van der Waals surface area contributed by atoms with E-state index in [1.807, 2.05) is 30.3 Å². The Labute approximate surface area is 128 Å². The molecule has 0 saturated heterocycles. The molecule has 5 heteroatoms. The molecule has 0 aliphatic rings. The monoisotopic (exact) mass is 300 g/mol. The van der Waals surface area contributed by atoms with Crippen molar-refractivity contribution in [1.29, 1.82) is 0 Å². The highest BCUT2D eigenvalue weighted by atomic mass is 32.1. The average Bonchev–Trinajstić information content (AvgIpc) is 2.48. The lowest BCUT2D eigenvalue weighted by Crippen LogP contribution is -2.16. The molecular formula is C16H16N2O2S. The largest absolute Gasteiger partial charge is 0.493 e. The van der Waals surface area contributed by atoms with Crippen molar-refractivity contribution in [3.05, 3.63) is 60.2 Å². The van der Waals surface area contributed by atoms with Crippen molar-refractivity contribution in [2.24, 2.45) is 5.73 Å². The first kappa shape index (κ1) is 15.0. The van der Waals surface area contributed by atoms with Crippen LogP contribution in [0.1, 0.15) is 12.0 Å². The smallest absolute Gasteiger partial charge is 0.227 e. The van der Waals surface area contributed by atoms with Crippen LogP contribution in [0.3, 0.4) is 0 Å². The van der Waals surface area contributed by atoms with Gasteiger partial charge in [-0.1, -0.05) is 42.5 Å². The van der Waals surface area contributed by atoms with E-state index in [0.29, 0.717) is 17.3 Å². The molecule has 0 unspecified atom stereocenters. The fraction of sp³-hybridized carbons (Fsp3) is 0.125. The van der Waals surface area contributed by atoms with Gasteiger partial charge in [0.2, 0.25) is 5.91 Å². The Bertz CT molecular complexity index is 629. The van der Waals surface area contributed by atoms with Gasteiger partial charge in [-0.3, -0.25) is 4.79 Å². The first-order valence-electron chi connectivity index (χ1n) is 6.53. The lowest BCUT2D eigenvalue weighted by atomic mass is 10.2. The molecule has 0 bridgehead atoms. The standard InChI is InChI=1S/C16H16N2O2S/c17-16(21)12-5-4-6-13(11-12)18-15(19)9-10-20-14-7-2-1-3-8-14/h1-8,11H,9-10H2,(H2,17,21)(H,18,19). The summed E-state index contributed by atoms with van der Waals surface area (Å²) in [6.07, 6.45) is 0.270. The van der Waals surface area contributed by atoms with Gasteiger partial charge in [-0.05, 0) is 24.3 Å². The molecule has 2 rings (SSSR count). The highest BCUT2D eigenvalue weighted by molar-refractivity contribution is 7.80. The third-order valence-electron chi connectivity index (χ3n) is 2.77. The maximum absolute atomic E-state index is 11.8. The van der Waals surface area contributed by atoms with Crippen LogP contribution < -0.4 is 15.8 Å². The maximum Gasteiger partial charge on any atom is 0.227 e. The number of amides is 1. The van der Waals surface area contributed by atoms with Crippen molar-refractivity contribution in [3.8, 4) is 5.75 Å². The molecule has 0 aliphatic heterocycles. The summed E-state index contributed by atoms with van der Waals surface area (Å²) in [6.45, 7) is 0.324. The molecule has 0 fully saturated rings. The van der Waals surface area contributed by atoms with Crippen LogP contribution in [-0.2, 0) is 4.79 Å². The molecule has 0 heterocycles. The van der Waals surface area contributed by atoms with Crippen LogP contribution in [-0.4, -0.2) is 17.5 Å². The van der Waals surface area contributed by atoms with E-state index in [1.165, 1.54) is 0 Å². The van der Waals surface area contributed by atoms with E-state index in [0.717, 1.165) is 11.3 Å². The van der Waals surface area contributed by atoms with Crippen molar-refractivity contribution >= 4 is 28.8 Å². The predicted molar refractivity (Wildman–Crippen MR) is 87.5 cm³/mol. The van der Waals surface area contributed by atoms with Crippen molar-refractivity contribution in [2.45, 2.75) is 6.42 Å². The summed E-state index contributed by atoms with van der Waals surface area (Å²) in [5.41, 5.74) is 6.95. The molecule has 2 aromatic carbocycles. The molecule has 21 heavy (non-hydrogen) atoms. The number of thiocarbonyl (C=S) groups is 1. The fourth-order valence-corrected chi connectivity index (χ4v) is 1.88. The molecule has 0 atom stereocenters. The number of hydrogen-bond donors (Lipinski definition) is 2. The lowest BCUT2D eigenvalue weighted by Gasteiger charge is -2.08. The van der Waals surface area contributed by atoms with E-state index in [-0.39, 0.29) is 12.3 Å². The Morgan fingerprint density at radius 3 is 2.62 bits per heavy atom. The van der Waals surface area contributed by atoms with Gasteiger partial charge in [-0.2, -0.15) is 0 Å². The fourth-order valence-electron chi connectivity index (χ4n) is 1.75. The molecule has 0 saturated carbocycles. The second kappa shape index (κ2) is 7.40. The summed E-state index contributed by atoms with van der Waals surface area (Å²) < 4.78 is 5.47. The zero-order valence-electron chi connectivity index (χ0n) is 11.4. The minimum Gasteiger partial charge on any atom is -0.493 e. The molecule has 0 spiro atoms. The summed E-state index contributed by atoms with van der Waals surface area (Å²) in [5.74, 6) is 0.631. The van der Waals surface area contributed by atoms with Crippen LogP contribution in [0.25, 0.3) is 0 Å². The lowest BCUT2D eigenvalue weighted by molar-refractivity contribution is -0.116. The van der Waals surface area contributed by atoms with Crippen LogP contribution in [0.4, 0.5) is 5.69 Å². The summed E-state index contributed by atoms with van der Waals surface area (Å²) in [5, 5.41) is 2.79. The van der Waals surface area contributed by atoms with E-state index in [4.69, 9.17) is 22.7 Å². The molecular weight excluding hydrogens is 284 g/mol. The SMILES string of the molecule is NC(=S)c1cccc(NC(=O)CCOc2ccccc2)c1. The zero-order chi connectivity index (χ0) is 15.1. The van der Waals surface area contributed by atoms with Crippen LogP contribution in [0.5, 0.6) is 5.75 Å². The Balaban J connectivity index is 1.82. The predicted octanol–water partition coefficient (Wildman–Crippen LogP) is 2.73. The second-order valence-corrected chi connectivity index (χ2v) is 4.84. The highest BCUT2D eigenvalue weighted by Gasteiger charge is 2.04. The minimum atomic E-state index is -0.119. The molecule has 3 N–H and O–H groups in total. The number of ether oxygens (including phenoxy) is 1. The third-order valence-corrected chi connectivity index (χ3v) is 3.01. The minimum absolute atomic E-state index is 0.119. The Hall–Kier alpha value is -2.40. The molecule has 108 valence electrons. The van der Waals surface area contributed by atoms with Gasteiger partial charge in [0.25, 0.3) is 0 Å². The van der Waals surface area contributed by atoms with E-state index in [1.54, 1.807) is 24.3 Å². The van der Waals surface area contributed by atoms with Crippen molar-refractivity contribution in [1.82, 2.24) is 0 Å². The van der Waals surface area contributed by atoms with Crippen LogP contribution in [0.2, 0.25) is 0 Å². The Kier molecular flexibility index (Phi) is 5.29. The summed E-state index contributed by atoms with van der Waals surface area (Å²) in [4.78, 5) is 12.1. The molecule has 0 radical (unpaired) electrons. The van der Waals surface area contributed by atoms with E-state index in [9.17, 15) is 4.79 Å². The second-order valence-electron chi connectivity index (χ2n) is 4.40. The van der Waals surface area contributed by atoms with Gasteiger partial charge < -0.3 is 15.8 Å². The quantitative estimate of drug-likeness (QED) is 0.805. The normalized spacial score (nSPS) is 9.90. The molecule has 4 nitrogen and oxygen atoms in total. The summed E-state index contributed by atoms with van der Waals surface area (Å²) in [6, 6.07) is 16.5. The van der Waals surface area contributed by atoms with Gasteiger partial charge in [0, 0.05) is 11.3 Å². The van der Waals surface area contributed by atoms with Gasteiger partial charge in [-0.15, -0.1) is 0 Å². The van der Waals surface area contributed by atoms with Crippen molar-refractivity contribution in [3.63, 3.8) is 0 Å². The molecule has 1 amide bonds. The first-order chi connectivity index (χ1) is 10.1. The van der Waals surface area contributed by atoms with Crippen LogP contribution in [0, 0.1) is 0 Å². The molecule has 2 aromatic rings. The first-order valence-corrected chi connectivity index (χ1v) is 6.93. The van der Waals surface area contributed by atoms with Gasteiger partial charge >= 0.3 is 0 Å². The number of para-hydroxylation sites is 1. The summed E-state index contributed by atoms with van der Waals surface area (Å²) >= 11 is 4.90. The number of nitrogens with two attached hydrogens (primary N) is 1. The van der Waals surface area contributed by atoms with Gasteiger partial charge in [0.15, 0.2) is 0 Å². The Morgan fingerprint density at radius 2 is 1.90 bits per heavy atom. The summed E-state index contributed by atoms with van der Waals surface area (Å²) in [7, 11) is 0. The van der Waals surface area contributed by atoms with Crippen molar-refractivity contribution < 1.29 is 9.53 Å². The molecule has 0 aliphatic carbocycles. The number of carbonyl (C=O) groups excluding carboxylic acids is 1. The van der Waals surface area contributed by atoms with Gasteiger partial charge in [0.1, 0.15) is 10.7 Å². The Morgan fingerprint density at radius 1 is 1.14 bits per heavy atom. The number of rotatable bonds is 6. The third kappa shape index (κ3) is 4.89. The van der Waals surface area contributed by atoms with E-state index >= 15 is 0 Å². The number of carbonyl (C=O) groups is 1. The van der Waals surface area contributed by atoms with Gasteiger partial charge in [0.05, 0.1) is 13.0 Å². The zero-order valence-corrected chi connectivity index (χ0v) is 12.2. The topological polar surface area (TPSA) is 64.3 Å². The van der Waals surface area contributed by atoms with E-state index < -0.39 is 0 Å². The van der Waals surface area contributed by atoms with Crippen LogP contribution in [0.15, 0.2) is 54.6 Å². The molecule has 0 aromatic heterocycles. The van der Waals surface area contributed by atoms with E-state index in [2.05, 4.69) is 5.32 Å². The van der Waals surface area contributed by atoms with Crippen molar-refractivity contribution in [2.75, 3.05) is 11.9 Å². The number of anilines is 1. The average molecular weight is 300 g/mol. The number of benzene rings is 2. The number of nitrogens with one attached hydrogen (secondary N) is 1. The highest BCUT2D eigenvalue weighted by Crippen LogP contribution is 2.12. The maximum atomic E-state index is 11.8. The number of hydrogen-bond acceptors (Lipinski definition) is 3.